The van der Waals surface area contributed by atoms with Gasteiger partial charge in [0.2, 0.25) is 11.8 Å². The summed E-state index contributed by atoms with van der Waals surface area (Å²) >= 11 is 8.30. The molecule has 3 aromatic rings. The first-order valence-electron chi connectivity index (χ1n) is 15.9. The van der Waals surface area contributed by atoms with Gasteiger partial charge in [-0.1, -0.05) is 18.5 Å². The number of carbonyl (C=O) groups is 3. The molecule has 1 aliphatic carbocycles. The number of ether oxygens (including phenoxy) is 1. The number of amides is 3. The third kappa shape index (κ3) is 6.16. The SMILES string of the molecule is CC1(CN2CC(=O)N(Cc3cc4nccc(-c5cc(Cl)cc6c5N(C5CN(C(=O)OC(C)(C)C)C5)CCC6)c4s3)C(=O)C2)CC1. The van der Waals surface area contributed by atoms with Crippen molar-refractivity contribution < 1.29 is 19.1 Å². The van der Waals surface area contributed by atoms with E-state index in [1.807, 2.05) is 50.1 Å². The van der Waals surface area contributed by atoms with Gasteiger partial charge in [0, 0.05) is 59.1 Å². The lowest BCUT2D eigenvalue weighted by Crippen LogP contribution is -2.62. The number of rotatable bonds is 6. The van der Waals surface area contributed by atoms with Crippen molar-refractivity contribution in [1.29, 1.82) is 0 Å². The minimum Gasteiger partial charge on any atom is -0.444 e. The minimum atomic E-state index is -0.528. The largest absolute Gasteiger partial charge is 0.444 e. The van der Waals surface area contributed by atoms with Crippen LogP contribution in [0.2, 0.25) is 5.02 Å². The van der Waals surface area contributed by atoms with Crippen LogP contribution in [0.4, 0.5) is 10.5 Å². The van der Waals surface area contributed by atoms with E-state index in [-0.39, 0.29) is 49.0 Å². The summed E-state index contributed by atoms with van der Waals surface area (Å²) in [6, 6.07) is 8.31. The summed E-state index contributed by atoms with van der Waals surface area (Å²) in [6.45, 7) is 11.6. The van der Waals surface area contributed by atoms with Crippen molar-refractivity contribution >= 4 is 56.7 Å². The number of nitrogens with zero attached hydrogens (tertiary/aromatic N) is 5. The molecular weight excluding hydrogens is 610 g/mol. The average Bonchev–Trinajstić information content (AvgIpc) is 3.49. The smallest absolute Gasteiger partial charge is 0.410 e. The number of anilines is 1. The van der Waals surface area contributed by atoms with Crippen LogP contribution in [0.5, 0.6) is 0 Å². The Labute approximate surface area is 273 Å². The Balaban J connectivity index is 1.15. The molecule has 4 aliphatic rings. The van der Waals surface area contributed by atoms with Crippen molar-refractivity contribution in [2.45, 2.75) is 71.6 Å². The topological polar surface area (TPSA) is 86.3 Å². The van der Waals surface area contributed by atoms with Gasteiger partial charge in [0.25, 0.3) is 0 Å². The van der Waals surface area contributed by atoms with Crippen LogP contribution >= 0.6 is 22.9 Å². The standard InChI is InChI=1S/C34H40ClN5O4S/c1-33(2,3)44-32(43)38-15-23(16-38)39-11-5-6-21-12-22(35)13-26(30(21)39)25-7-10-36-27-14-24(45-31(25)27)17-40-28(41)18-37(19-29(40)42)20-34(4)8-9-34/h7,10,12-14,23H,5-6,8-9,11,15-20H2,1-4H3. The van der Waals surface area contributed by atoms with Crippen LogP contribution in [0.3, 0.4) is 0 Å². The molecule has 2 aromatic heterocycles. The highest BCUT2D eigenvalue weighted by molar-refractivity contribution is 7.19. The molecule has 1 aromatic carbocycles. The monoisotopic (exact) mass is 649 g/mol. The number of thiophene rings is 1. The van der Waals surface area contributed by atoms with E-state index < -0.39 is 5.60 Å². The van der Waals surface area contributed by atoms with Crippen molar-refractivity contribution in [3.8, 4) is 11.1 Å². The number of pyridine rings is 1. The highest BCUT2D eigenvalue weighted by Crippen LogP contribution is 2.46. The van der Waals surface area contributed by atoms with E-state index in [9.17, 15) is 14.4 Å². The molecule has 3 aliphatic heterocycles. The van der Waals surface area contributed by atoms with Gasteiger partial charge in [0.15, 0.2) is 0 Å². The molecule has 2 saturated heterocycles. The van der Waals surface area contributed by atoms with Crippen molar-refractivity contribution in [2.75, 3.05) is 44.2 Å². The molecule has 5 heterocycles. The van der Waals surface area contributed by atoms with Crippen molar-refractivity contribution in [3.05, 3.63) is 45.9 Å². The van der Waals surface area contributed by atoms with E-state index in [0.717, 1.165) is 70.7 Å². The maximum atomic E-state index is 13.1. The lowest BCUT2D eigenvalue weighted by Gasteiger charge is -2.48. The van der Waals surface area contributed by atoms with Crippen molar-refractivity contribution in [3.63, 3.8) is 0 Å². The Morgan fingerprint density at radius 2 is 1.84 bits per heavy atom. The zero-order valence-electron chi connectivity index (χ0n) is 26.4. The summed E-state index contributed by atoms with van der Waals surface area (Å²) in [4.78, 5) is 52.1. The number of likely N-dealkylation sites (tertiary alicyclic amines) is 1. The third-order valence-corrected chi connectivity index (χ3v) is 10.7. The zero-order chi connectivity index (χ0) is 31.7. The Kier molecular flexibility index (Phi) is 7.61. The highest BCUT2D eigenvalue weighted by atomic mass is 35.5. The first-order chi connectivity index (χ1) is 21.4. The van der Waals surface area contributed by atoms with Gasteiger partial charge in [0.1, 0.15) is 5.60 Å². The van der Waals surface area contributed by atoms with E-state index in [1.165, 1.54) is 10.5 Å². The van der Waals surface area contributed by atoms with E-state index in [2.05, 4.69) is 22.9 Å². The first kappa shape index (κ1) is 30.4. The molecule has 1 saturated carbocycles. The van der Waals surface area contributed by atoms with Crippen molar-refractivity contribution in [1.82, 2.24) is 19.7 Å². The molecule has 0 atom stereocenters. The molecule has 7 rings (SSSR count). The molecule has 3 amide bonds. The van der Waals surface area contributed by atoms with Crippen LogP contribution in [0, 0.1) is 5.41 Å². The van der Waals surface area contributed by atoms with E-state index in [4.69, 9.17) is 16.3 Å². The van der Waals surface area contributed by atoms with Crippen LogP contribution in [0.1, 0.15) is 57.4 Å². The summed E-state index contributed by atoms with van der Waals surface area (Å²) in [5, 5.41) is 0.686. The maximum absolute atomic E-state index is 13.1. The molecule has 0 unspecified atom stereocenters. The van der Waals surface area contributed by atoms with Crippen LogP contribution in [-0.4, -0.2) is 88.5 Å². The first-order valence-corrected chi connectivity index (χ1v) is 17.1. The quantitative estimate of drug-likeness (QED) is 0.305. The Morgan fingerprint density at radius 3 is 2.53 bits per heavy atom. The number of hydrogen-bond acceptors (Lipinski definition) is 8. The number of halogens is 1. The number of carbonyl (C=O) groups excluding carboxylic acids is 3. The lowest BCUT2D eigenvalue weighted by atomic mass is 9.91. The van der Waals surface area contributed by atoms with E-state index >= 15 is 0 Å². The fraction of sp³-hybridized carbons (Fsp3) is 0.529. The second-order valence-corrected chi connectivity index (χ2v) is 16.0. The van der Waals surface area contributed by atoms with Gasteiger partial charge in [-0.25, -0.2) is 4.79 Å². The maximum Gasteiger partial charge on any atom is 0.410 e. The second kappa shape index (κ2) is 11.2. The average molecular weight is 650 g/mol. The number of hydrogen-bond donors (Lipinski definition) is 0. The predicted molar refractivity (Wildman–Crippen MR) is 177 cm³/mol. The van der Waals surface area contributed by atoms with Crippen LogP contribution in [-0.2, 0) is 27.3 Å². The van der Waals surface area contributed by atoms with Gasteiger partial charge in [-0.15, -0.1) is 11.3 Å². The number of aryl methyl sites for hydroxylation is 1. The summed E-state index contributed by atoms with van der Waals surface area (Å²) in [5.41, 5.74) is 5.00. The molecule has 0 N–H and O–H groups in total. The number of aromatic nitrogens is 1. The number of fused-ring (bicyclic) bond motifs is 2. The van der Waals surface area contributed by atoms with Gasteiger partial charge in [-0.2, -0.15) is 0 Å². The molecule has 11 heteroatoms. The minimum absolute atomic E-state index is 0.137. The summed E-state index contributed by atoms with van der Waals surface area (Å²) in [5.74, 6) is -0.275. The predicted octanol–water partition coefficient (Wildman–Crippen LogP) is 5.96. The number of benzene rings is 1. The molecular formula is C34H40ClN5O4S. The Morgan fingerprint density at radius 1 is 1.11 bits per heavy atom. The summed E-state index contributed by atoms with van der Waals surface area (Å²) in [7, 11) is 0. The summed E-state index contributed by atoms with van der Waals surface area (Å²) < 4.78 is 6.60. The third-order valence-electron chi connectivity index (χ3n) is 9.34. The van der Waals surface area contributed by atoms with Crippen molar-refractivity contribution in [2.24, 2.45) is 5.41 Å². The van der Waals surface area contributed by atoms with Gasteiger partial charge >= 0.3 is 6.09 Å². The van der Waals surface area contributed by atoms with E-state index in [0.29, 0.717) is 18.1 Å². The van der Waals surface area contributed by atoms with Crippen LogP contribution in [0.15, 0.2) is 30.5 Å². The summed E-state index contributed by atoms with van der Waals surface area (Å²) in [6.07, 6.45) is 5.80. The lowest BCUT2D eigenvalue weighted by molar-refractivity contribution is -0.152. The zero-order valence-corrected chi connectivity index (χ0v) is 28.0. The number of piperazine rings is 1. The molecule has 3 fully saturated rings. The Bertz CT molecular complexity index is 1670. The normalized spacial score (nSPS) is 20.4. The van der Waals surface area contributed by atoms with Gasteiger partial charge in [-0.3, -0.25) is 24.4 Å². The second-order valence-electron chi connectivity index (χ2n) is 14.4. The Hall–Kier alpha value is -3.21. The molecule has 0 spiro atoms. The number of imide groups is 1. The fourth-order valence-electron chi connectivity index (χ4n) is 6.82. The molecule has 45 heavy (non-hydrogen) atoms. The fourth-order valence-corrected chi connectivity index (χ4v) is 8.19. The van der Waals surface area contributed by atoms with Crippen LogP contribution < -0.4 is 4.90 Å². The van der Waals surface area contributed by atoms with Crippen LogP contribution in [0.25, 0.3) is 21.3 Å². The van der Waals surface area contributed by atoms with Gasteiger partial charge in [0.05, 0.1) is 35.9 Å². The molecule has 238 valence electrons. The van der Waals surface area contributed by atoms with Gasteiger partial charge in [-0.05, 0) is 81.7 Å². The highest BCUT2D eigenvalue weighted by Gasteiger charge is 2.42. The molecule has 9 nitrogen and oxygen atoms in total. The molecule has 0 radical (unpaired) electrons. The van der Waals surface area contributed by atoms with Gasteiger partial charge < -0.3 is 14.5 Å². The molecule has 0 bridgehead atoms. The van der Waals surface area contributed by atoms with E-state index in [1.54, 1.807) is 16.2 Å².